The van der Waals surface area contributed by atoms with E-state index in [4.69, 9.17) is 9.47 Å². The molecule has 3 N–H and O–H groups in total. The maximum atomic E-state index is 14.4. The Morgan fingerprint density at radius 2 is 1.83 bits per heavy atom. The lowest BCUT2D eigenvalue weighted by Gasteiger charge is -2.30. The third-order valence-electron chi connectivity index (χ3n) is 11.3. The van der Waals surface area contributed by atoms with Crippen LogP contribution in [0.1, 0.15) is 88.2 Å². The second-order valence-corrected chi connectivity index (χ2v) is 17.0. The van der Waals surface area contributed by atoms with Crippen LogP contribution < -0.4 is 15.4 Å². The van der Waals surface area contributed by atoms with Crippen molar-refractivity contribution >= 4 is 39.9 Å². The van der Waals surface area contributed by atoms with Crippen molar-refractivity contribution in [1.82, 2.24) is 25.2 Å². The van der Waals surface area contributed by atoms with Crippen LogP contribution in [0.15, 0.2) is 30.4 Å². The maximum absolute atomic E-state index is 14.4. The molecule has 5 atom stereocenters. The molecule has 0 aromatic heterocycles. The van der Waals surface area contributed by atoms with Gasteiger partial charge in [-0.25, -0.2) is 22.4 Å². The molecule has 14 nitrogen and oxygen atoms in total. The van der Waals surface area contributed by atoms with Gasteiger partial charge >= 0.3 is 12.2 Å². The van der Waals surface area contributed by atoms with Crippen LogP contribution in [0.3, 0.4) is 0 Å². The average Bonchev–Trinajstić information content (AvgIpc) is 3.96. The molecule has 5 amide bonds. The van der Waals surface area contributed by atoms with Gasteiger partial charge in [-0.15, -0.1) is 0 Å². The molecule has 0 bridgehead atoms. The van der Waals surface area contributed by atoms with Gasteiger partial charge in [-0.2, -0.15) is 0 Å². The number of halogens is 1. The van der Waals surface area contributed by atoms with Crippen molar-refractivity contribution in [2.45, 2.75) is 119 Å². The van der Waals surface area contributed by atoms with E-state index in [-0.39, 0.29) is 45.5 Å². The van der Waals surface area contributed by atoms with Crippen LogP contribution in [-0.4, -0.2) is 90.3 Å². The smallest absolute Gasteiger partial charge is 0.410 e. The van der Waals surface area contributed by atoms with Crippen LogP contribution in [0.5, 0.6) is 0 Å². The van der Waals surface area contributed by atoms with Crippen LogP contribution in [0.4, 0.5) is 14.0 Å². The zero-order valence-corrected chi connectivity index (χ0v) is 29.8. The van der Waals surface area contributed by atoms with Crippen molar-refractivity contribution in [3.8, 4) is 0 Å². The molecule has 16 heteroatoms. The van der Waals surface area contributed by atoms with Gasteiger partial charge in [0.25, 0.3) is 5.91 Å². The van der Waals surface area contributed by atoms with Crippen molar-refractivity contribution in [3.05, 3.63) is 47.3 Å². The third kappa shape index (κ3) is 7.76. The zero-order valence-electron chi connectivity index (χ0n) is 29.0. The summed E-state index contributed by atoms with van der Waals surface area (Å²) in [5, 5.41) is 4.85. The molecule has 1 aromatic rings. The highest BCUT2D eigenvalue weighted by Crippen LogP contribution is 2.46. The first-order valence-electron chi connectivity index (χ1n) is 18.4. The number of amides is 5. The molecule has 6 aliphatic rings. The largest absolute Gasteiger partial charge is 0.449 e. The van der Waals surface area contributed by atoms with E-state index in [9.17, 15) is 36.8 Å². The minimum Gasteiger partial charge on any atom is -0.449 e. The van der Waals surface area contributed by atoms with E-state index in [1.807, 2.05) is 12.2 Å². The summed E-state index contributed by atoms with van der Waals surface area (Å²) in [6.45, 7) is 0.214. The van der Waals surface area contributed by atoms with Crippen molar-refractivity contribution in [1.29, 1.82) is 0 Å². The van der Waals surface area contributed by atoms with E-state index in [0.717, 1.165) is 32.1 Å². The molecule has 0 unspecified atom stereocenters. The molecule has 3 heterocycles. The van der Waals surface area contributed by atoms with E-state index in [1.165, 1.54) is 15.9 Å². The van der Waals surface area contributed by atoms with Gasteiger partial charge in [0.05, 0.1) is 24.9 Å². The average molecular weight is 744 g/mol. The number of carbonyl (C=O) groups excluding carboxylic acids is 5. The van der Waals surface area contributed by atoms with Gasteiger partial charge in [-0.3, -0.25) is 24.0 Å². The quantitative estimate of drug-likeness (QED) is 0.354. The van der Waals surface area contributed by atoms with Crippen LogP contribution in [-0.2, 0) is 47.0 Å². The highest BCUT2D eigenvalue weighted by molar-refractivity contribution is 7.91. The van der Waals surface area contributed by atoms with Crippen molar-refractivity contribution in [3.63, 3.8) is 0 Å². The number of allylic oxidation sites excluding steroid dienone is 1. The molecule has 3 aliphatic heterocycles. The fraction of sp³-hybridized carbons (Fsp3) is 0.639. The summed E-state index contributed by atoms with van der Waals surface area (Å²) >= 11 is 0. The first kappa shape index (κ1) is 36.2. The summed E-state index contributed by atoms with van der Waals surface area (Å²) in [5.74, 6) is -2.71. The monoisotopic (exact) mass is 743 g/mol. The number of nitrogens with one attached hydrogen (secondary N) is 3. The van der Waals surface area contributed by atoms with Crippen molar-refractivity contribution in [2.24, 2.45) is 11.8 Å². The molecular formula is C36H46FN5O9S. The van der Waals surface area contributed by atoms with Gasteiger partial charge in [0.15, 0.2) is 0 Å². The number of sulfonamides is 1. The van der Waals surface area contributed by atoms with E-state index in [0.29, 0.717) is 42.7 Å². The Labute approximate surface area is 302 Å². The lowest BCUT2D eigenvalue weighted by molar-refractivity contribution is -0.141. The minimum atomic E-state index is -3.91. The molecule has 1 saturated heterocycles. The van der Waals surface area contributed by atoms with Gasteiger partial charge < -0.3 is 25.0 Å². The molecule has 1 aromatic carbocycles. The number of rotatable bonds is 7. The molecule has 3 aliphatic carbocycles. The number of hydrogen-bond acceptors (Lipinski definition) is 9. The predicted molar refractivity (Wildman–Crippen MR) is 183 cm³/mol. The third-order valence-corrected chi connectivity index (χ3v) is 13.1. The first-order valence-corrected chi connectivity index (χ1v) is 20.0. The first-order chi connectivity index (χ1) is 24.9. The SMILES string of the molecule is O=C(N[C@H]1CCCCC/C=C\[C@H]2C[C@@]2(C(=O)NS(=O)(=O)C2CC2)NC(=O)[C@@H]2C[C@@H](OC(=O)N3Cc4cccc(F)c4C3)CN2C1=O)OCC1CCC1. The summed E-state index contributed by atoms with van der Waals surface area (Å²) < 4.78 is 53.4. The maximum Gasteiger partial charge on any atom is 0.410 e. The number of nitrogens with zero attached hydrogens (tertiary/aromatic N) is 2. The summed E-state index contributed by atoms with van der Waals surface area (Å²) in [4.78, 5) is 71.0. The molecule has 0 spiro atoms. The summed E-state index contributed by atoms with van der Waals surface area (Å²) in [6.07, 6.45) is 8.37. The van der Waals surface area contributed by atoms with Gasteiger partial charge in [0, 0.05) is 24.4 Å². The summed E-state index contributed by atoms with van der Waals surface area (Å²) in [5.41, 5.74) is -0.497. The fourth-order valence-corrected chi connectivity index (χ4v) is 8.98. The van der Waals surface area contributed by atoms with Crippen LogP contribution >= 0.6 is 0 Å². The fourth-order valence-electron chi connectivity index (χ4n) is 7.61. The second-order valence-electron chi connectivity index (χ2n) is 15.1. The Balaban J connectivity index is 1.11. The van der Waals surface area contributed by atoms with Gasteiger partial charge in [-0.05, 0) is 68.9 Å². The Morgan fingerprint density at radius 3 is 2.56 bits per heavy atom. The molecule has 7 rings (SSSR count). The van der Waals surface area contributed by atoms with Gasteiger partial charge in [0.1, 0.15) is 29.5 Å². The Bertz CT molecular complexity index is 1750. The number of hydrogen-bond donors (Lipinski definition) is 3. The molecule has 4 fully saturated rings. The highest BCUT2D eigenvalue weighted by Gasteiger charge is 2.62. The van der Waals surface area contributed by atoms with E-state index < -0.39 is 80.6 Å². The number of alkyl carbamates (subject to hydrolysis) is 1. The molecule has 52 heavy (non-hydrogen) atoms. The molecule has 0 radical (unpaired) electrons. The van der Waals surface area contributed by atoms with E-state index >= 15 is 0 Å². The molecular weight excluding hydrogens is 697 g/mol. The lowest BCUT2D eigenvalue weighted by atomic mass is 9.86. The Hall–Kier alpha value is -4.21. The lowest BCUT2D eigenvalue weighted by Crippen LogP contribution is -2.58. The molecule has 3 saturated carbocycles. The normalized spacial score (nSPS) is 29.9. The van der Waals surface area contributed by atoms with Crippen molar-refractivity contribution < 1.29 is 46.3 Å². The van der Waals surface area contributed by atoms with E-state index in [1.54, 1.807) is 12.1 Å². The predicted octanol–water partition coefficient (Wildman–Crippen LogP) is 3.15. The van der Waals surface area contributed by atoms with Crippen LogP contribution in [0.25, 0.3) is 0 Å². The number of benzene rings is 1. The minimum absolute atomic E-state index is 0.00534. The number of ether oxygens (including phenoxy) is 2. The van der Waals surface area contributed by atoms with E-state index in [2.05, 4.69) is 15.4 Å². The summed E-state index contributed by atoms with van der Waals surface area (Å²) in [7, 11) is -3.91. The van der Waals surface area contributed by atoms with Crippen LogP contribution in [0, 0.1) is 17.7 Å². The zero-order chi connectivity index (χ0) is 36.6. The summed E-state index contributed by atoms with van der Waals surface area (Å²) in [6, 6.07) is 2.37. The van der Waals surface area contributed by atoms with Crippen LogP contribution in [0.2, 0.25) is 0 Å². The molecule has 282 valence electrons. The Morgan fingerprint density at radius 1 is 1.02 bits per heavy atom. The van der Waals surface area contributed by atoms with Gasteiger partial charge in [-0.1, -0.05) is 43.5 Å². The highest BCUT2D eigenvalue weighted by atomic mass is 32.2. The topological polar surface area (TPSA) is 181 Å². The van der Waals surface area contributed by atoms with Gasteiger partial charge in [0.2, 0.25) is 21.8 Å². The second kappa shape index (κ2) is 14.7. The standard InChI is InChI=1S/C36H46FN5O9S/c37-28-12-7-10-23-18-41(20-27(23)28)35(47)51-25-16-30-31(43)39-36(33(45)40-52(48,49)26-14-15-26)17-24(36)11-4-2-1-3-5-13-29(32(44)42(30)19-25)38-34(46)50-21-22-8-6-9-22/h4,7,10-12,22,24-26,29-30H,1-3,5-6,8-9,13-21H2,(H,38,46)(H,39,43)(H,40,45)/b11-4-/t24-,25+,29-,30-,36+/m0/s1. The Kier molecular flexibility index (Phi) is 10.2. The van der Waals surface area contributed by atoms with Crippen molar-refractivity contribution in [2.75, 3.05) is 13.2 Å². The number of carbonyl (C=O) groups is 5. The number of fused-ring (bicyclic) bond motifs is 3.